The number of ether oxygens (including phenoxy) is 1. The molecular weight excluding hydrogens is 248 g/mol. The van der Waals surface area contributed by atoms with E-state index in [1.807, 2.05) is 12.1 Å². The van der Waals surface area contributed by atoms with Crippen molar-refractivity contribution in [3.05, 3.63) is 36.0 Å². The molecule has 0 amide bonds. The fraction of sp³-hybridized carbons (Fsp3) is 0.471. The topological polar surface area (TPSA) is 34.1 Å². The van der Waals surface area contributed by atoms with Gasteiger partial charge in [0.15, 0.2) is 0 Å². The lowest BCUT2D eigenvalue weighted by Gasteiger charge is -2.42. The largest absolute Gasteiger partial charge is 0.494 e. The number of pyridine rings is 1. The van der Waals surface area contributed by atoms with Gasteiger partial charge in [0.1, 0.15) is 11.3 Å². The average molecular weight is 270 g/mol. The molecule has 3 rings (SSSR count). The van der Waals surface area contributed by atoms with Crippen LogP contribution in [0.3, 0.4) is 0 Å². The van der Waals surface area contributed by atoms with Crippen molar-refractivity contribution in [1.82, 2.24) is 10.3 Å². The van der Waals surface area contributed by atoms with Crippen LogP contribution in [0, 0.1) is 0 Å². The van der Waals surface area contributed by atoms with Gasteiger partial charge in [-0.2, -0.15) is 0 Å². The summed E-state index contributed by atoms with van der Waals surface area (Å²) in [6.07, 6.45) is 5.13. The van der Waals surface area contributed by atoms with E-state index in [0.717, 1.165) is 28.9 Å². The average Bonchev–Trinajstić information content (AvgIpc) is 2.46. The van der Waals surface area contributed by atoms with Crippen molar-refractivity contribution >= 4 is 10.9 Å². The molecule has 0 saturated heterocycles. The van der Waals surface area contributed by atoms with E-state index in [1.54, 1.807) is 7.11 Å². The number of fused-ring (bicyclic) bond motifs is 1. The van der Waals surface area contributed by atoms with Crippen LogP contribution in [0.4, 0.5) is 0 Å². The molecule has 1 aromatic heterocycles. The van der Waals surface area contributed by atoms with E-state index in [0.29, 0.717) is 5.54 Å². The van der Waals surface area contributed by atoms with E-state index in [-0.39, 0.29) is 0 Å². The maximum absolute atomic E-state index is 5.40. The van der Waals surface area contributed by atoms with Crippen LogP contribution < -0.4 is 10.1 Å². The molecule has 1 saturated carbocycles. The predicted octanol–water partition coefficient (Wildman–Crippen LogP) is 3.67. The Morgan fingerprint density at radius 1 is 1.25 bits per heavy atom. The highest BCUT2D eigenvalue weighted by Gasteiger charge is 2.34. The monoisotopic (exact) mass is 270 g/mol. The Hall–Kier alpha value is -1.61. The Balaban J connectivity index is 1.82. The third-order valence-corrected chi connectivity index (χ3v) is 4.59. The lowest BCUT2D eigenvalue weighted by atomic mass is 9.75. The van der Waals surface area contributed by atoms with Crippen LogP contribution in [0.1, 0.15) is 38.3 Å². The maximum atomic E-state index is 5.40. The summed E-state index contributed by atoms with van der Waals surface area (Å²) in [4.78, 5) is 4.75. The first-order valence-corrected chi connectivity index (χ1v) is 7.44. The van der Waals surface area contributed by atoms with Gasteiger partial charge in [0.2, 0.25) is 0 Å². The third kappa shape index (κ3) is 2.38. The quantitative estimate of drug-likeness (QED) is 0.900. The van der Waals surface area contributed by atoms with Crippen molar-refractivity contribution < 1.29 is 4.74 Å². The van der Waals surface area contributed by atoms with Gasteiger partial charge in [0.25, 0.3) is 0 Å². The molecule has 1 aliphatic carbocycles. The highest BCUT2D eigenvalue weighted by molar-refractivity contribution is 5.84. The number of nitrogens with zero attached hydrogens (tertiary/aromatic N) is 1. The van der Waals surface area contributed by atoms with Crippen LogP contribution in [0.5, 0.6) is 5.75 Å². The Morgan fingerprint density at radius 3 is 2.75 bits per heavy atom. The van der Waals surface area contributed by atoms with E-state index in [1.165, 1.54) is 25.7 Å². The molecular formula is C17H22N2O. The lowest BCUT2D eigenvalue weighted by Crippen LogP contribution is -2.49. The summed E-state index contributed by atoms with van der Waals surface area (Å²) in [6, 6.07) is 10.3. The minimum absolute atomic E-state index is 0.359. The molecule has 1 aromatic carbocycles. The normalized spacial score (nSPS) is 16.9. The zero-order chi connectivity index (χ0) is 14.0. The Labute approximate surface area is 120 Å². The van der Waals surface area contributed by atoms with Gasteiger partial charge in [-0.3, -0.25) is 0 Å². The molecule has 3 heteroatoms. The van der Waals surface area contributed by atoms with Gasteiger partial charge in [0, 0.05) is 17.5 Å². The molecule has 1 N–H and O–H groups in total. The van der Waals surface area contributed by atoms with Gasteiger partial charge >= 0.3 is 0 Å². The van der Waals surface area contributed by atoms with E-state index in [9.17, 15) is 0 Å². The Bertz CT molecular complexity index is 599. The number of hydrogen-bond acceptors (Lipinski definition) is 3. The molecule has 1 fully saturated rings. The second kappa shape index (κ2) is 5.41. The lowest BCUT2D eigenvalue weighted by molar-refractivity contribution is 0.175. The van der Waals surface area contributed by atoms with Gasteiger partial charge in [-0.25, -0.2) is 4.98 Å². The van der Waals surface area contributed by atoms with Crippen molar-refractivity contribution in [2.45, 2.75) is 44.7 Å². The fourth-order valence-corrected chi connectivity index (χ4v) is 2.96. The third-order valence-electron chi connectivity index (χ3n) is 4.59. The van der Waals surface area contributed by atoms with Gasteiger partial charge in [-0.1, -0.05) is 25.1 Å². The van der Waals surface area contributed by atoms with Crippen molar-refractivity contribution in [2.24, 2.45) is 0 Å². The number of nitrogens with one attached hydrogen (secondary N) is 1. The number of benzene rings is 1. The summed E-state index contributed by atoms with van der Waals surface area (Å²) in [7, 11) is 1.70. The minimum atomic E-state index is 0.359. The highest BCUT2D eigenvalue weighted by atomic mass is 16.5. The molecule has 0 unspecified atom stereocenters. The van der Waals surface area contributed by atoms with Crippen molar-refractivity contribution in [3.8, 4) is 5.75 Å². The SMILES string of the molecule is CCC1(NCc2ccc3cccc(OC)c3n2)CCC1. The van der Waals surface area contributed by atoms with Crippen LogP contribution >= 0.6 is 0 Å². The van der Waals surface area contributed by atoms with Crippen LogP contribution in [-0.2, 0) is 6.54 Å². The van der Waals surface area contributed by atoms with Gasteiger partial charge in [0.05, 0.1) is 12.8 Å². The number of para-hydroxylation sites is 1. The molecule has 0 radical (unpaired) electrons. The Morgan fingerprint density at radius 2 is 2.10 bits per heavy atom. The van der Waals surface area contributed by atoms with E-state index in [2.05, 4.69) is 30.4 Å². The molecule has 1 heterocycles. The fourth-order valence-electron chi connectivity index (χ4n) is 2.96. The summed E-state index contributed by atoms with van der Waals surface area (Å²) < 4.78 is 5.40. The second-order valence-electron chi connectivity index (χ2n) is 5.68. The minimum Gasteiger partial charge on any atom is -0.494 e. The summed E-state index contributed by atoms with van der Waals surface area (Å²) >= 11 is 0. The molecule has 106 valence electrons. The first-order chi connectivity index (χ1) is 9.76. The van der Waals surface area contributed by atoms with E-state index in [4.69, 9.17) is 9.72 Å². The van der Waals surface area contributed by atoms with Gasteiger partial charge in [-0.15, -0.1) is 0 Å². The molecule has 2 aromatic rings. The molecule has 20 heavy (non-hydrogen) atoms. The number of methoxy groups -OCH3 is 1. The van der Waals surface area contributed by atoms with Crippen molar-refractivity contribution in [1.29, 1.82) is 0 Å². The molecule has 0 aliphatic heterocycles. The van der Waals surface area contributed by atoms with Crippen molar-refractivity contribution in [2.75, 3.05) is 7.11 Å². The second-order valence-corrected chi connectivity index (χ2v) is 5.68. The highest BCUT2D eigenvalue weighted by Crippen LogP contribution is 2.34. The summed E-state index contributed by atoms with van der Waals surface area (Å²) in [5.41, 5.74) is 2.40. The number of rotatable bonds is 5. The Kier molecular flexibility index (Phi) is 3.62. The van der Waals surface area contributed by atoms with Crippen LogP contribution in [-0.4, -0.2) is 17.6 Å². The van der Waals surface area contributed by atoms with Crippen LogP contribution in [0.2, 0.25) is 0 Å². The van der Waals surface area contributed by atoms with Gasteiger partial charge < -0.3 is 10.1 Å². The summed E-state index contributed by atoms with van der Waals surface area (Å²) in [5.74, 6) is 0.846. The summed E-state index contributed by atoms with van der Waals surface area (Å²) in [6.45, 7) is 3.10. The zero-order valence-electron chi connectivity index (χ0n) is 12.3. The molecule has 3 nitrogen and oxygen atoms in total. The van der Waals surface area contributed by atoms with Gasteiger partial charge in [-0.05, 0) is 37.8 Å². The molecule has 0 atom stereocenters. The molecule has 0 spiro atoms. The number of aromatic nitrogens is 1. The number of hydrogen-bond donors (Lipinski definition) is 1. The van der Waals surface area contributed by atoms with Crippen LogP contribution in [0.15, 0.2) is 30.3 Å². The smallest absolute Gasteiger partial charge is 0.145 e. The molecule has 0 bridgehead atoms. The van der Waals surface area contributed by atoms with E-state index >= 15 is 0 Å². The predicted molar refractivity (Wildman–Crippen MR) is 82.0 cm³/mol. The van der Waals surface area contributed by atoms with Crippen molar-refractivity contribution in [3.63, 3.8) is 0 Å². The van der Waals surface area contributed by atoms with Crippen LogP contribution in [0.25, 0.3) is 10.9 Å². The standard InChI is InChI=1S/C17H22N2O/c1-3-17(10-5-11-17)18-12-14-9-8-13-6-4-7-15(20-2)16(13)19-14/h4,6-9,18H,3,5,10-12H2,1-2H3. The first-order valence-electron chi connectivity index (χ1n) is 7.44. The van der Waals surface area contributed by atoms with E-state index < -0.39 is 0 Å². The zero-order valence-corrected chi connectivity index (χ0v) is 12.3. The molecule has 1 aliphatic rings. The summed E-state index contributed by atoms with van der Waals surface area (Å²) in [5, 5.41) is 4.82. The first kappa shape index (κ1) is 13.4. The maximum Gasteiger partial charge on any atom is 0.145 e.